The monoisotopic (exact) mass is 486 g/mol. The highest BCUT2D eigenvalue weighted by molar-refractivity contribution is 8.15. The van der Waals surface area contributed by atoms with Gasteiger partial charge in [-0.15, -0.1) is 0 Å². The van der Waals surface area contributed by atoms with Gasteiger partial charge in [0.05, 0.1) is 17.5 Å². The smallest absolute Gasteiger partial charge is 0.251 e. The Morgan fingerprint density at radius 2 is 1.97 bits per heavy atom. The maximum Gasteiger partial charge on any atom is 0.251 e. The SMILES string of the molecule is CCN(CCCNC(=O)c1ccc(C)c(NC2=N[C@H]3CS(=O)(=O)C[C@H]3S2)c1)c1ccccc1. The lowest BCUT2D eigenvalue weighted by Gasteiger charge is -2.23. The fraction of sp³-hybridized carbons (Fsp3) is 0.417. The number of nitrogens with zero attached hydrogens (tertiary/aromatic N) is 2. The van der Waals surface area contributed by atoms with Gasteiger partial charge in [0.1, 0.15) is 0 Å². The Morgan fingerprint density at radius 3 is 2.70 bits per heavy atom. The third-order valence-electron chi connectivity index (χ3n) is 5.95. The number of benzene rings is 2. The summed E-state index contributed by atoms with van der Waals surface area (Å²) in [6.07, 6.45) is 0.852. The van der Waals surface area contributed by atoms with E-state index in [1.165, 1.54) is 17.4 Å². The topological polar surface area (TPSA) is 90.9 Å². The molecule has 1 fully saturated rings. The van der Waals surface area contributed by atoms with E-state index in [0.717, 1.165) is 35.9 Å². The minimum atomic E-state index is -2.97. The van der Waals surface area contributed by atoms with Crippen molar-refractivity contribution in [2.24, 2.45) is 4.99 Å². The van der Waals surface area contributed by atoms with Crippen molar-refractivity contribution in [3.63, 3.8) is 0 Å². The molecule has 176 valence electrons. The number of para-hydroxylation sites is 1. The van der Waals surface area contributed by atoms with Gasteiger partial charge in [-0.3, -0.25) is 9.79 Å². The number of rotatable bonds is 8. The van der Waals surface area contributed by atoms with Gasteiger partial charge >= 0.3 is 0 Å². The molecule has 2 aromatic rings. The van der Waals surface area contributed by atoms with Gasteiger partial charge in [-0.1, -0.05) is 36.0 Å². The molecule has 0 saturated carbocycles. The summed E-state index contributed by atoms with van der Waals surface area (Å²) >= 11 is 1.48. The van der Waals surface area contributed by atoms with E-state index in [9.17, 15) is 13.2 Å². The minimum Gasteiger partial charge on any atom is -0.372 e. The molecule has 0 radical (unpaired) electrons. The predicted molar refractivity (Wildman–Crippen MR) is 137 cm³/mol. The molecule has 0 aromatic heterocycles. The van der Waals surface area contributed by atoms with E-state index in [0.29, 0.717) is 12.1 Å². The lowest BCUT2D eigenvalue weighted by Crippen LogP contribution is -2.30. The normalized spacial score (nSPS) is 20.7. The van der Waals surface area contributed by atoms with Crippen molar-refractivity contribution in [3.8, 4) is 0 Å². The molecule has 1 amide bonds. The third kappa shape index (κ3) is 5.89. The second-order valence-electron chi connectivity index (χ2n) is 8.41. The van der Waals surface area contributed by atoms with E-state index in [4.69, 9.17) is 0 Å². The van der Waals surface area contributed by atoms with Crippen LogP contribution in [0.25, 0.3) is 0 Å². The van der Waals surface area contributed by atoms with Crippen LogP contribution in [-0.4, -0.2) is 61.9 Å². The summed E-state index contributed by atoms with van der Waals surface area (Å²) in [6, 6.07) is 15.7. The van der Waals surface area contributed by atoms with Crippen LogP contribution in [-0.2, 0) is 9.84 Å². The summed E-state index contributed by atoms with van der Waals surface area (Å²) in [5.41, 5.74) is 3.60. The van der Waals surface area contributed by atoms with Crippen LogP contribution >= 0.6 is 11.8 Å². The van der Waals surface area contributed by atoms with Crippen molar-refractivity contribution in [3.05, 3.63) is 59.7 Å². The average molecular weight is 487 g/mol. The van der Waals surface area contributed by atoms with Gasteiger partial charge in [0.25, 0.3) is 5.91 Å². The van der Waals surface area contributed by atoms with E-state index in [-0.39, 0.29) is 28.7 Å². The summed E-state index contributed by atoms with van der Waals surface area (Å²) < 4.78 is 23.5. The molecule has 2 heterocycles. The fourth-order valence-electron chi connectivity index (χ4n) is 4.11. The number of fused-ring (bicyclic) bond motifs is 1. The molecule has 4 rings (SSSR count). The van der Waals surface area contributed by atoms with Gasteiger partial charge in [0.15, 0.2) is 15.0 Å². The van der Waals surface area contributed by atoms with Crippen LogP contribution in [0.2, 0.25) is 0 Å². The zero-order chi connectivity index (χ0) is 23.4. The van der Waals surface area contributed by atoms with E-state index >= 15 is 0 Å². The molecule has 2 atom stereocenters. The Labute approximate surface area is 200 Å². The van der Waals surface area contributed by atoms with Crippen LogP contribution in [0, 0.1) is 6.92 Å². The van der Waals surface area contributed by atoms with Gasteiger partial charge in [-0.2, -0.15) is 0 Å². The average Bonchev–Trinajstić information content (AvgIpc) is 3.28. The van der Waals surface area contributed by atoms with E-state index in [1.807, 2.05) is 43.3 Å². The number of carbonyl (C=O) groups is 1. The molecule has 0 unspecified atom stereocenters. The highest BCUT2D eigenvalue weighted by atomic mass is 32.2. The second kappa shape index (κ2) is 10.2. The van der Waals surface area contributed by atoms with Crippen molar-refractivity contribution in [1.29, 1.82) is 0 Å². The Bertz CT molecular complexity index is 1140. The molecule has 9 heteroatoms. The zero-order valence-electron chi connectivity index (χ0n) is 19.0. The number of aliphatic imine (C=N–C) groups is 1. The summed E-state index contributed by atoms with van der Waals surface area (Å²) in [5.74, 6) is 0.194. The Hall–Kier alpha value is -2.52. The van der Waals surface area contributed by atoms with Crippen molar-refractivity contribution >= 4 is 44.0 Å². The summed E-state index contributed by atoms with van der Waals surface area (Å²) in [6.45, 7) is 6.49. The summed E-state index contributed by atoms with van der Waals surface area (Å²) in [4.78, 5) is 19.5. The zero-order valence-corrected chi connectivity index (χ0v) is 20.6. The molecule has 2 aliphatic rings. The first-order chi connectivity index (χ1) is 15.8. The van der Waals surface area contributed by atoms with Crippen LogP contribution in [0.3, 0.4) is 0 Å². The Morgan fingerprint density at radius 1 is 1.18 bits per heavy atom. The van der Waals surface area contributed by atoms with Gasteiger partial charge in [-0.25, -0.2) is 8.42 Å². The predicted octanol–water partition coefficient (Wildman–Crippen LogP) is 3.32. The molecule has 1 saturated heterocycles. The highest BCUT2D eigenvalue weighted by Gasteiger charge is 2.42. The quantitative estimate of drug-likeness (QED) is 0.557. The highest BCUT2D eigenvalue weighted by Crippen LogP contribution is 2.35. The number of nitrogens with one attached hydrogen (secondary N) is 2. The number of amidine groups is 1. The van der Waals surface area contributed by atoms with E-state index < -0.39 is 9.84 Å². The van der Waals surface area contributed by atoms with Crippen LogP contribution < -0.4 is 15.5 Å². The van der Waals surface area contributed by atoms with Crippen LogP contribution in [0.1, 0.15) is 29.3 Å². The second-order valence-corrected chi connectivity index (χ2v) is 11.8. The fourth-order valence-corrected chi connectivity index (χ4v) is 7.78. The number of sulfone groups is 1. The number of amides is 1. The first-order valence-corrected chi connectivity index (χ1v) is 14.0. The number of hydrogen-bond donors (Lipinski definition) is 2. The van der Waals surface area contributed by atoms with Crippen LogP contribution in [0.4, 0.5) is 11.4 Å². The van der Waals surface area contributed by atoms with Crippen molar-refractivity contribution in [1.82, 2.24) is 5.32 Å². The van der Waals surface area contributed by atoms with Crippen molar-refractivity contribution in [2.75, 3.05) is 41.4 Å². The molecule has 33 heavy (non-hydrogen) atoms. The molecule has 0 bridgehead atoms. The number of aryl methyl sites for hydroxylation is 1. The van der Waals surface area contributed by atoms with Crippen molar-refractivity contribution < 1.29 is 13.2 Å². The molecular weight excluding hydrogens is 456 g/mol. The maximum atomic E-state index is 12.7. The van der Waals surface area contributed by atoms with Gasteiger partial charge in [-0.05, 0) is 50.1 Å². The molecular formula is C24H30N4O3S2. The molecule has 0 aliphatic carbocycles. The third-order valence-corrected chi connectivity index (χ3v) is 9.09. The van der Waals surface area contributed by atoms with Crippen LogP contribution in [0.15, 0.2) is 53.5 Å². The minimum absolute atomic E-state index is 0.0112. The van der Waals surface area contributed by atoms with Crippen LogP contribution in [0.5, 0.6) is 0 Å². The number of hydrogen-bond acceptors (Lipinski definition) is 7. The molecule has 2 aromatic carbocycles. The van der Waals surface area contributed by atoms with Gasteiger partial charge in [0, 0.05) is 41.8 Å². The summed E-state index contributed by atoms with van der Waals surface area (Å²) in [5, 5.41) is 7.03. The van der Waals surface area contributed by atoms with E-state index in [2.05, 4.69) is 39.6 Å². The van der Waals surface area contributed by atoms with Crippen molar-refractivity contribution in [2.45, 2.75) is 31.6 Å². The lowest BCUT2D eigenvalue weighted by molar-refractivity contribution is 0.0953. The number of carbonyl (C=O) groups excluding carboxylic acids is 1. The van der Waals surface area contributed by atoms with Gasteiger partial charge < -0.3 is 15.5 Å². The summed E-state index contributed by atoms with van der Waals surface area (Å²) in [7, 11) is -2.97. The standard InChI is InChI=1S/C24H30N4O3S2/c1-3-28(19-8-5-4-6-9-19)13-7-12-25-23(29)18-11-10-17(2)20(14-18)26-24-27-21-15-33(30,31)16-22(21)32-24/h4-6,8-11,14,21-22H,3,7,12-13,15-16H2,1-2H3,(H,25,29)(H,26,27)/t21-,22+/m0/s1. The molecule has 0 spiro atoms. The Balaban J connectivity index is 1.30. The lowest BCUT2D eigenvalue weighted by atomic mass is 10.1. The maximum absolute atomic E-state index is 12.7. The largest absolute Gasteiger partial charge is 0.372 e. The molecule has 7 nitrogen and oxygen atoms in total. The van der Waals surface area contributed by atoms with Gasteiger partial charge in [0.2, 0.25) is 0 Å². The number of anilines is 2. The molecule has 2 N–H and O–H groups in total. The molecule has 2 aliphatic heterocycles. The number of thioether (sulfide) groups is 1. The first kappa shape index (κ1) is 23.6. The Kier molecular flexibility index (Phi) is 7.29. The van der Waals surface area contributed by atoms with E-state index in [1.54, 1.807) is 0 Å². The first-order valence-electron chi connectivity index (χ1n) is 11.3.